The summed E-state index contributed by atoms with van der Waals surface area (Å²) in [6.07, 6.45) is 10.1. The first-order valence-corrected chi connectivity index (χ1v) is 6.73. The van der Waals surface area contributed by atoms with Crippen molar-refractivity contribution in [1.82, 2.24) is 0 Å². The Morgan fingerprint density at radius 3 is 2.00 bits per heavy atom. The summed E-state index contributed by atoms with van der Waals surface area (Å²) < 4.78 is 0. The monoisotopic (exact) mass is 226 g/mol. The van der Waals surface area contributed by atoms with Crippen LogP contribution in [0.15, 0.2) is 11.6 Å². The predicted octanol–water partition coefficient (Wildman–Crippen LogP) is 3.57. The molecule has 0 aromatic carbocycles. The molecule has 4 fully saturated rings. The topological polar surface area (TPSA) is 47.6 Å². The molecule has 4 aliphatic carbocycles. The van der Waals surface area contributed by atoms with Crippen LogP contribution < -0.4 is 0 Å². The van der Waals surface area contributed by atoms with Gasteiger partial charge >= 0.3 is 0 Å². The summed E-state index contributed by atoms with van der Waals surface area (Å²) in [5.41, 5.74) is 1.10. The van der Waals surface area contributed by atoms with E-state index in [-0.39, 0.29) is 5.41 Å². The van der Waals surface area contributed by atoms with Crippen LogP contribution in [0.4, 0.5) is 0 Å². The molecule has 4 bridgehead atoms. The number of rotatable bonds is 2. The molecule has 0 unspecified atom stereocenters. The quantitative estimate of drug-likeness (QED) is 0.676. The second-order valence-electron chi connectivity index (χ2n) is 6.29. The average molecular weight is 226 g/mol. The molecule has 0 aromatic rings. The van der Waals surface area contributed by atoms with Gasteiger partial charge in [-0.25, -0.2) is 0 Å². The summed E-state index contributed by atoms with van der Waals surface area (Å²) in [5.74, 6) is 2.58. The molecular weight excluding hydrogens is 208 g/mol. The van der Waals surface area contributed by atoms with Gasteiger partial charge in [-0.05, 0) is 56.3 Å². The first-order chi connectivity index (χ1) is 8.25. The lowest BCUT2D eigenvalue weighted by Gasteiger charge is -2.56. The van der Waals surface area contributed by atoms with E-state index in [1.807, 2.05) is 6.08 Å². The van der Waals surface area contributed by atoms with E-state index in [1.54, 1.807) is 0 Å². The molecule has 0 aromatic heterocycles. The lowest BCUT2D eigenvalue weighted by Crippen LogP contribution is -2.46. The smallest absolute Gasteiger partial charge is 0.0950 e. The van der Waals surface area contributed by atoms with Crippen LogP contribution in [0.2, 0.25) is 0 Å². The van der Waals surface area contributed by atoms with Gasteiger partial charge in [0.15, 0.2) is 0 Å². The van der Waals surface area contributed by atoms with Gasteiger partial charge in [-0.15, -0.1) is 0 Å². The minimum Gasteiger partial charge on any atom is -0.198 e. The number of hydrogen-bond acceptors (Lipinski definition) is 2. The Bertz CT molecular complexity index is 398. The summed E-state index contributed by atoms with van der Waals surface area (Å²) in [5, 5.41) is 18.1. The molecule has 0 spiro atoms. The van der Waals surface area contributed by atoms with E-state index in [0.717, 1.165) is 23.3 Å². The Labute approximate surface area is 103 Å². The Hall–Kier alpha value is -1.28. The zero-order valence-electron chi connectivity index (χ0n) is 10.2. The third-order valence-electron chi connectivity index (χ3n) is 5.13. The van der Waals surface area contributed by atoms with Crippen LogP contribution in [-0.2, 0) is 0 Å². The fourth-order valence-electron chi connectivity index (χ4n) is 4.97. The molecular formula is C15H18N2. The van der Waals surface area contributed by atoms with E-state index in [0.29, 0.717) is 6.42 Å². The van der Waals surface area contributed by atoms with Crippen LogP contribution in [-0.4, -0.2) is 0 Å². The zero-order valence-corrected chi connectivity index (χ0v) is 10.2. The van der Waals surface area contributed by atoms with Crippen LogP contribution in [0.3, 0.4) is 0 Å². The molecule has 2 heteroatoms. The highest BCUT2D eigenvalue weighted by atomic mass is 14.6. The average Bonchev–Trinajstić information content (AvgIpc) is 2.27. The molecule has 0 radical (unpaired) electrons. The summed E-state index contributed by atoms with van der Waals surface area (Å²) in [7, 11) is 0. The van der Waals surface area contributed by atoms with E-state index < -0.39 is 0 Å². The van der Waals surface area contributed by atoms with Crippen molar-refractivity contribution in [3.05, 3.63) is 11.6 Å². The van der Waals surface area contributed by atoms with Gasteiger partial charge in [0.05, 0.1) is 18.6 Å². The maximum Gasteiger partial charge on any atom is 0.0950 e. The Balaban J connectivity index is 1.91. The number of nitrogens with zero attached hydrogens (tertiary/aromatic N) is 2. The molecule has 4 aliphatic rings. The Morgan fingerprint density at radius 2 is 1.59 bits per heavy atom. The van der Waals surface area contributed by atoms with Crippen molar-refractivity contribution >= 4 is 0 Å². The third kappa shape index (κ3) is 1.67. The van der Waals surface area contributed by atoms with Crippen molar-refractivity contribution in [3.63, 3.8) is 0 Å². The fourth-order valence-corrected chi connectivity index (χ4v) is 4.97. The van der Waals surface area contributed by atoms with E-state index in [2.05, 4.69) is 12.1 Å². The lowest BCUT2D eigenvalue weighted by molar-refractivity contribution is -0.0281. The predicted molar refractivity (Wildman–Crippen MR) is 64.5 cm³/mol. The van der Waals surface area contributed by atoms with E-state index in [4.69, 9.17) is 5.26 Å². The van der Waals surface area contributed by atoms with Gasteiger partial charge in [0.25, 0.3) is 0 Å². The number of nitriles is 2. The van der Waals surface area contributed by atoms with Crippen LogP contribution in [0.25, 0.3) is 0 Å². The van der Waals surface area contributed by atoms with Crippen molar-refractivity contribution in [1.29, 1.82) is 10.5 Å². The molecule has 4 rings (SSSR count). The van der Waals surface area contributed by atoms with Crippen LogP contribution in [0, 0.1) is 45.8 Å². The highest BCUT2D eigenvalue weighted by molar-refractivity contribution is 5.32. The SMILES string of the molecule is N#CC/C=C(\C#N)C12CC3CC(CC(C3)C1)C2. The molecule has 0 heterocycles. The van der Waals surface area contributed by atoms with Crippen molar-refractivity contribution in [2.75, 3.05) is 0 Å². The maximum absolute atomic E-state index is 9.38. The minimum absolute atomic E-state index is 0.167. The lowest BCUT2D eigenvalue weighted by atomic mass is 9.48. The van der Waals surface area contributed by atoms with Crippen LogP contribution >= 0.6 is 0 Å². The molecule has 0 N–H and O–H groups in total. The largest absolute Gasteiger partial charge is 0.198 e. The third-order valence-corrected chi connectivity index (χ3v) is 5.13. The molecule has 4 saturated carbocycles. The van der Waals surface area contributed by atoms with E-state index in [9.17, 15) is 5.26 Å². The van der Waals surface area contributed by atoms with Gasteiger partial charge < -0.3 is 0 Å². The Morgan fingerprint density at radius 1 is 1.06 bits per heavy atom. The van der Waals surface area contributed by atoms with Crippen molar-refractivity contribution in [2.45, 2.75) is 44.9 Å². The van der Waals surface area contributed by atoms with Gasteiger partial charge in [0, 0.05) is 11.0 Å². The molecule has 0 atom stereocenters. The van der Waals surface area contributed by atoms with Gasteiger partial charge in [-0.3, -0.25) is 0 Å². The summed E-state index contributed by atoms with van der Waals surface area (Å²) in [6, 6.07) is 4.54. The standard InChI is InChI=1S/C15H18N2/c16-3-1-2-14(10-17)15-7-11-4-12(8-15)6-13(5-11)9-15/h2,11-13H,1,4-9H2/b14-2+. The summed E-state index contributed by atoms with van der Waals surface area (Å²) >= 11 is 0. The molecule has 2 nitrogen and oxygen atoms in total. The first-order valence-electron chi connectivity index (χ1n) is 6.73. The van der Waals surface area contributed by atoms with Crippen LogP contribution in [0.1, 0.15) is 44.9 Å². The second kappa shape index (κ2) is 3.88. The molecule has 0 saturated heterocycles. The molecule has 0 amide bonds. The number of allylic oxidation sites excluding steroid dienone is 2. The molecule has 0 aliphatic heterocycles. The summed E-state index contributed by atoms with van der Waals surface area (Å²) in [6.45, 7) is 0. The zero-order chi connectivity index (χ0) is 11.9. The van der Waals surface area contributed by atoms with E-state index in [1.165, 1.54) is 38.5 Å². The fraction of sp³-hybridized carbons (Fsp3) is 0.733. The van der Waals surface area contributed by atoms with Gasteiger partial charge in [0.1, 0.15) is 0 Å². The van der Waals surface area contributed by atoms with Gasteiger partial charge in [-0.1, -0.05) is 6.08 Å². The van der Waals surface area contributed by atoms with Crippen LogP contribution in [0.5, 0.6) is 0 Å². The highest BCUT2D eigenvalue weighted by Gasteiger charge is 2.52. The maximum atomic E-state index is 9.38. The molecule has 88 valence electrons. The number of hydrogen-bond donors (Lipinski definition) is 0. The van der Waals surface area contributed by atoms with Gasteiger partial charge in [-0.2, -0.15) is 10.5 Å². The van der Waals surface area contributed by atoms with Crippen molar-refractivity contribution < 1.29 is 0 Å². The van der Waals surface area contributed by atoms with Crippen molar-refractivity contribution in [2.24, 2.45) is 23.2 Å². The second-order valence-corrected chi connectivity index (χ2v) is 6.29. The van der Waals surface area contributed by atoms with Gasteiger partial charge in [0.2, 0.25) is 0 Å². The normalized spacial score (nSPS) is 43.2. The minimum atomic E-state index is 0.167. The Kier molecular flexibility index (Phi) is 2.48. The van der Waals surface area contributed by atoms with Crippen molar-refractivity contribution in [3.8, 4) is 12.1 Å². The first kappa shape index (κ1) is 10.8. The highest BCUT2D eigenvalue weighted by Crippen LogP contribution is 2.62. The summed E-state index contributed by atoms with van der Waals surface area (Å²) in [4.78, 5) is 0. The molecule has 17 heavy (non-hydrogen) atoms. The van der Waals surface area contributed by atoms with E-state index >= 15 is 0 Å².